The molecule has 0 spiro atoms. The molecule has 0 radical (unpaired) electrons. The number of nitrogens with two attached hydrogens (primary N) is 1. The topological polar surface area (TPSA) is 105 Å². The number of hydrogen-bond acceptors (Lipinski definition) is 5. The highest BCUT2D eigenvalue weighted by molar-refractivity contribution is 6.30. The van der Waals surface area contributed by atoms with E-state index in [0.29, 0.717) is 36.3 Å². The quantitative estimate of drug-likeness (QED) is 0.261. The Balaban J connectivity index is 1.97. The number of benzene rings is 2. The maximum atomic E-state index is 14.5. The molecule has 9 heteroatoms. The minimum atomic E-state index is -1.39. The third-order valence-electron chi connectivity index (χ3n) is 7.76. The van der Waals surface area contributed by atoms with E-state index in [1.165, 1.54) is 12.1 Å². The zero-order valence-corrected chi connectivity index (χ0v) is 25.7. The van der Waals surface area contributed by atoms with Crippen molar-refractivity contribution in [1.82, 2.24) is 10.2 Å². The summed E-state index contributed by atoms with van der Waals surface area (Å²) < 4.78 is 19.8. The molecule has 0 saturated carbocycles. The standard InChI is InChI=1S/C33H43ClFN3O4/c1-5-12-38(13-6-2)31(40)25-14-22(3)18-33(19-25,32(36)41)27(16-23-10-11-28(34)29(35)17-23)30(39)21-37-20-24-8-7-9-26(15-24)42-4/h7-11,14-15,17-18,27,30,37,39H,5-6,12-13,16,19-21H2,1-4H3,(H2,36,41)/t27-,30+,33?/m1/s1. The number of ether oxygens (including phenoxy) is 1. The first-order chi connectivity index (χ1) is 20.0. The zero-order valence-electron chi connectivity index (χ0n) is 25.0. The number of nitrogens with one attached hydrogen (secondary N) is 1. The predicted molar refractivity (Wildman–Crippen MR) is 165 cm³/mol. The normalized spacial score (nSPS) is 18.1. The van der Waals surface area contributed by atoms with E-state index in [-0.39, 0.29) is 30.3 Å². The van der Waals surface area contributed by atoms with Gasteiger partial charge in [0.2, 0.25) is 11.8 Å². The molecule has 3 rings (SSSR count). The highest BCUT2D eigenvalue weighted by atomic mass is 35.5. The van der Waals surface area contributed by atoms with Crippen LogP contribution < -0.4 is 15.8 Å². The summed E-state index contributed by atoms with van der Waals surface area (Å²) in [5.74, 6) is -1.43. The number of nitrogens with zero attached hydrogens (tertiary/aromatic N) is 1. The molecule has 3 atom stereocenters. The van der Waals surface area contributed by atoms with Gasteiger partial charge in [-0.2, -0.15) is 0 Å². The summed E-state index contributed by atoms with van der Waals surface area (Å²) in [4.78, 5) is 28.9. The maximum Gasteiger partial charge on any atom is 0.249 e. The van der Waals surface area contributed by atoms with E-state index in [1.807, 2.05) is 45.0 Å². The maximum absolute atomic E-state index is 14.5. The molecule has 0 saturated heterocycles. The van der Waals surface area contributed by atoms with Gasteiger partial charge in [0, 0.05) is 37.7 Å². The lowest BCUT2D eigenvalue weighted by Gasteiger charge is -2.42. The van der Waals surface area contributed by atoms with E-state index < -0.39 is 29.2 Å². The van der Waals surface area contributed by atoms with Crippen molar-refractivity contribution in [2.75, 3.05) is 26.7 Å². The third-order valence-corrected chi connectivity index (χ3v) is 8.07. The second-order valence-electron chi connectivity index (χ2n) is 11.0. The molecule has 0 aliphatic heterocycles. The second kappa shape index (κ2) is 15.3. The highest BCUT2D eigenvalue weighted by Gasteiger charge is 2.48. The van der Waals surface area contributed by atoms with Gasteiger partial charge in [-0.3, -0.25) is 9.59 Å². The monoisotopic (exact) mass is 599 g/mol. The summed E-state index contributed by atoms with van der Waals surface area (Å²) in [6, 6.07) is 12.0. The van der Waals surface area contributed by atoms with Crippen LogP contribution in [0.5, 0.6) is 5.75 Å². The molecule has 42 heavy (non-hydrogen) atoms. The summed E-state index contributed by atoms with van der Waals surface area (Å²) in [6.45, 7) is 7.62. The van der Waals surface area contributed by atoms with Crippen LogP contribution >= 0.6 is 11.6 Å². The molecular weight excluding hydrogens is 557 g/mol. The van der Waals surface area contributed by atoms with Crippen LogP contribution in [0.15, 0.2) is 65.8 Å². The Morgan fingerprint density at radius 2 is 1.88 bits per heavy atom. The Kier molecular flexibility index (Phi) is 12.2. The van der Waals surface area contributed by atoms with Crippen LogP contribution in [0.3, 0.4) is 0 Å². The van der Waals surface area contributed by atoms with Crippen molar-refractivity contribution < 1.29 is 23.8 Å². The van der Waals surface area contributed by atoms with Gasteiger partial charge in [-0.1, -0.05) is 61.4 Å². The number of methoxy groups -OCH3 is 1. The van der Waals surface area contributed by atoms with Crippen molar-refractivity contribution in [2.45, 2.75) is 59.1 Å². The molecule has 228 valence electrons. The minimum absolute atomic E-state index is 0.0171. The molecule has 2 amide bonds. The Morgan fingerprint density at radius 3 is 2.50 bits per heavy atom. The Bertz CT molecular complexity index is 1310. The average molecular weight is 600 g/mol. The lowest BCUT2D eigenvalue weighted by molar-refractivity contribution is -0.132. The van der Waals surface area contributed by atoms with Gasteiger partial charge in [0.05, 0.1) is 23.7 Å². The van der Waals surface area contributed by atoms with Crippen LogP contribution in [0.25, 0.3) is 0 Å². The van der Waals surface area contributed by atoms with E-state index in [2.05, 4.69) is 5.32 Å². The molecular formula is C33H43ClFN3O4. The molecule has 4 N–H and O–H groups in total. The van der Waals surface area contributed by atoms with E-state index in [1.54, 1.807) is 30.2 Å². The van der Waals surface area contributed by atoms with Crippen molar-refractivity contribution >= 4 is 23.4 Å². The van der Waals surface area contributed by atoms with Gasteiger partial charge in [-0.25, -0.2) is 4.39 Å². The van der Waals surface area contributed by atoms with Crippen molar-refractivity contribution in [3.63, 3.8) is 0 Å². The Labute approximate surface area is 253 Å². The van der Waals surface area contributed by atoms with Crippen molar-refractivity contribution in [3.05, 3.63) is 87.7 Å². The Morgan fingerprint density at radius 1 is 1.17 bits per heavy atom. The fraction of sp³-hybridized carbons (Fsp3) is 0.455. The number of amides is 2. The summed E-state index contributed by atoms with van der Waals surface area (Å²) in [5, 5.41) is 14.9. The van der Waals surface area contributed by atoms with E-state index in [9.17, 15) is 19.1 Å². The number of halogens is 2. The largest absolute Gasteiger partial charge is 0.497 e. The average Bonchev–Trinajstić information content (AvgIpc) is 2.96. The predicted octanol–water partition coefficient (Wildman–Crippen LogP) is 5.19. The van der Waals surface area contributed by atoms with Crippen molar-refractivity contribution in [2.24, 2.45) is 17.1 Å². The number of carbonyl (C=O) groups is 2. The molecule has 2 aromatic carbocycles. The van der Waals surface area contributed by atoms with Crippen LogP contribution in [-0.4, -0.2) is 54.7 Å². The van der Waals surface area contributed by atoms with Crippen LogP contribution in [0, 0.1) is 17.2 Å². The number of hydrogen-bond donors (Lipinski definition) is 3. The molecule has 1 aliphatic carbocycles. The van der Waals surface area contributed by atoms with Gasteiger partial charge in [0.15, 0.2) is 0 Å². The van der Waals surface area contributed by atoms with Crippen molar-refractivity contribution in [3.8, 4) is 5.75 Å². The summed E-state index contributed by atoms with van der Waals surface area (Å²) in [5.41, 5.74) is 7.45. The van der Waals surface area contributed by atoms with Crippen LogP contribution in [0.2, 0.25) is 5.02 Å². The fourth-order valence-corrected chi connectivity index (χ4v) is 5.90. The number of rotatable bonds is 15. The van der Waals surface area contributed by atoms with Crippen LogP contribution in [0.1, 0.15) is 51.2 Å². The number of aliphatic hydroxyl groups is 1. The molecule has 1 unspecified atom stereocenters. The zero-order chi connectivity index (χ0) is 30.9. The third kappa shape index (κ3) is 8.21. The summed E-state index contributed by atoms with van der Waals surface area (Å²) in [6.07, 6.45) is 4.28. The fourth-order valence-electron chi connectivity index (χ4n) is 5.79. The van der Waals surface area contributed by atoms with Gasteiger partial charge in [-0.05, 0) is 68.0 Å². The second-order valence-corrected chi connectivity index (χ2v) is 11.4. The van der Waals surface area contributed by atoms with Crippen molar-refractivity contribution in [1.29, 1.82) is 0 Å². The van der Waals surface area contributed by atoms with Crippen LogP contribution in [0.4, 0.5) is 4.39 Å². The number of allylic oxidation sites excluding steroid dienone is 2. The SMILES string of the molecule is CCCN(CCC)C(=O)C1=CC(C)=CC(C(N)=O)([C@H](Cc2ccc(Cl)c(F)c2)[C@@H](O)CNCc2cccc(OC)c2)C1. The summed E-state index contributed by atoms with van der Waals surface area (Å²) >= 11 is 5.93. The smallest absolute Gasteiger partial charge is 0.249 e. The number of primary amides is 1. The molecule has 0 heterocycles. The van der Waals surface area contributed by atoms with Gasteiger partial charge in [-0.15, -0.1) is 0 Å². The molecule has 0 aromatic heterocycles. The van der Waals surface area contributed by atoms with Gasteiger partial charge in [0.1, 0.15) is 11.6 Å². The van der Waals surface area contributed by atoms with E-state index in [0.717, 1.165) is 24.2 Å². The lowest BCUT2D eigenvalue weighted by Crippen LogP contribution is -2.51. The highest BCUT2D eigenvalue weighted by Crippen LogP contribution is 2.44. The Hall–Kier alpha value is -3.20. The number of carbonyl (C=O) groups excluding carboxylic acids is 2. The van der Waals surface area contributed by atoms with Gasteiger partial charge in [0.25, 0.3) is 0 Å². The molecule has 0 bridgehead atoms. The number of aliphatic hydroxyl groups excluding tert-OH is 1. The molecule has 1 aliphatic rings. The van der Waals surface area contributed by atoms with Crippen LogP contribution in [-0.2, 0) is 22.6 Å². The van der Waals surface area contributed by atoms with E-state index in [4.69, 9.17) is 22.1 Å². The molecule has 7 nitrogen and oxygen atoms in total. The molecule has 0 fully saturated rings. The van der Waals surface area contributed by atoms with Gasteiger partial charge >= 0.3 is 0 Å². The van der Waals surface area contributed by atoms with E-state index >= 15 is 0 Å². The molecule has 2 aromatic rings. The first kappa shape index (κ1) is 33.3. The summed E-state index contributed by atoms with van der Waals surface area (Å²) in [7, 11) is 1.60. The lowest BCUT2D eigenvalue weighted by atomic mass is 9.63. The minimum Gasteiger partial charge on any atom is -0.497 e. The first-order valence-electron chi connectivity index (χ1n) is 14.5. The first-order valence-corrected chi connectivity index (χ1v) is 14.9. The van der Waals surface area contributed by atoms with Gasteiger partial charge < -0.3 is 25.8 Å².